The fourth-order valence-electron chi connectivity index (χ4n) is 1.76. The standard InChI is InChI=1S/C12H12ClF2N3O/c1-2-5-10-16-17-11(13)18(10)8-6-3-4-7-9(8)19-12(14)15/h3-4,6-7,12H,2,5H2,1H3. The summed E-state index contributed by atoms with van der Waals surface area (Å²) in [6.07, 6.45) is 1.48. The molecule has 4 nitrogen and oxygen atoms in total. The van der Waals surface area contributed by atoms with Crippen LogP contribution in [0.15, 0.2) is 24.3 Å². The molecular weight excluding hydrogens is 276 g/mol. The average molecular weight is 288 g/mol. The molecule has 0 radical (unpaired) electrons. The molecule has 0 spiro atoms. The molecule has 0 saturated heterocycles. The summed E-state index contributed by atoms with van der Waals surface area (Å²) in [5.41, 5.74) is 0.404. The molecule has 0 aliphatic heterocycles. The molecule has 102 valence electrons. The Kier molecular flexibility index (Phi) is 4.31. The summed E-state index contributed by atoms with van der Waals surface area (Å²) in [7, 11) is 0. The minimum atomic E-state index is -2.90. The van der Waals surface area contributed by atoms with Crippen LogP contribution in [0.1, 0.15) is 19.2 Å². The summed E-state index contributed by atoms with van der Waals surface area (Å²) in [4.78, 5) is 0. The fraction of sp³-hybridized carbons (Fsp3) is 0.333. The number of para-hydroxylation sites is 2. The Labute approximate surface area is 114 Å². The number of aromatic nitrogens is 3. The summed E-state index contributed by atoms with van der Waals surface area (Å²) >= 11 is 5.97. The van der Waals surface area contributed by atoms with Crippen molar-refractivity contribution in [3.05, 3.63) is 35.4 Å². The van der Waals surface area contributed by atoms with Crippen molar-refractivity contribution in [3.8, 4) is 11.4 Å². The fourth-order valence-corrected chi connectivity index (χ4v) is 1.98. The summed E-state index contributed by atoms with van der Waals surface area (Å²) < 4.78 is 30.8. The van der Waals surface area contributed by atoms with Crippen LogP contribution in [0.5, 0.6) is 5.75 Å². The molecule has 1 heterocycles. The first-order chi connectivity index (χ1) is 9.13. The lowest BCUT2D eigenvalue weighted by Gasteiger charge is -2.13. The van der Waals surface area contributed by atoms with E-state index >= 15 is 0 Å². The van der Waals surface area contributed by atoms with Gasteiger partial charge in [0.1, 0.15) is 11.6 Å². The van der Waals surface area contributed by atoms with E-state index in [1.807, 2.05) is 6.92 Å². The maximum absolute atomic E-state index is 12.4. The van der Waals surface area contributed by atoms with Gasteiger partial charge in [0, 0.05) is 6.42 Å². The number of benzene rings is 1. The van der Waals surface area contributed by atoms with Crippen molar-refractivity contribution in [2.45, 2.75) is 26.4 Å². The second kappa shape index (κ2) is 5.97. The number of ether oxygens (including phenoxy) is 1. The monoisotopic (exact) mass is 287 g/mol. The minimum Gasteiger partial charge on any atom is -0.433 e. The second-order valence-electron chi connectivity index (χ2n) is 3.82. The van der Waals surface area contributed by atoms with Gasteiger partial charge in [-0.25, -0.2) is 0 Å². The van der Waals surface area contributed by atoms with Crippen LogP contribution in [-0.2, 0) is 6.42 Å². The zero-order chi connectivity index (χ0) is 13.8. The Morgan fingerprint density at radius 1 is 1.32 bits per heavy atom. The summed E-state index contributed by atoms with van der Waals surface area (Å²) in [6, 6.07) is 6.40. The molecule has 7 heteroatoms. The van der Waals surface area contributed by atoms with Crippen molar-refractivity contribution in [1.82, 2.24) is 14.8 Å². The zero-order valence-corrected chi connectivity index (χ0v) is 10.9. The van der Waals surface area contributed by atoms with Gasteiger partial charge in [-0.1, -0.05) is 19.1 Å². The zero-order valence-electron chi connectivity index (χ0n) is 10.2. The van der Waals surface area contributed by atoms with Crippen molar-refractivity contribution in [2.24, 2.45) is 0 Å². The second-order valence-corrected chi connectivity index (χ2v) is 4.15. The van der Waals surface area contributed by atoms with Crippen molar-refractivity contribution >= 4 is 11.6 Å². The maximum Gasteiger partial charge on any atom is 0.387 e. The van der Waals surface area contributed by atoms with Crippen molar-refractivity contribution in [2.75, 3.05) is 0 Å². The van der Waals surface area contributed by atoms with E-state index < -0.39 is 6.61 Å². The minimum absolute atomic E-state index is 0.0385. The highest BCUT2D eigenvalue weighted by molar-refractivity contribution is 6.28. The van der Waals surface area contributed by atoms with Gasteiger partial charge in [0.25, 0.3) is 0 Å². The number of rotatable bonds is 5. The van der Waals surface area contributed by atoms with Crippen LogP contribution < -0.4 is 4.74 Å². The highest BCUT2D eigenvalue weighted by Gasteiger charge is 2.17. The Morgan fingerprint density at radius 2 is 2.05 bits per heavy atom. The topological polar surface area (TPSA) is 39.9 Å². The lowest BCUT2D eigenvalue weighted by Crippen LogP contribution is -2.08. The molecule has 0 saturated carbocycles. The quantitative estimate of drug-likeness (QED) is 0.845. The van der Waals surface area contributed by atoms with Crippen LogP contribution in [-0.4, -0.2) is 21.4 Å². The summed E-state index contributed by atoms with van der Waals surface area (Å²) in [5, 5.41) is 7.83. The van der Waals surface area contributed by atoms with Gasteiger partial charge in [-0.2, -0.15) is 8.78 Å². The van der Waals surface area contributed by atoms with Crippen molar-refractivity contribution in [1.29, 1.82) is 0 Å². The lowest BCUT2D eigenvalue weighted by molar-refractivity contribution is -0.0498. The molecular formula is C12H12ClF2N3O. The van der Waals surface area contributed by atoms with E-state index in [2.05, 4.69) is 14.9 Å². The van der Waals surface area contributed by atoms with Gasteiger partial charge in [-0.3, -0.25) is 4.57 Å². The largest absolute Gasteiger partial charge is 0.433 e. The third-order valence-electron chi connectivity index (χ3n) is 2.49. The van der Waals surface area contributed by atoms with E-state index in [1.165, 1.54) is 10.6 Å². The predicted octanol–water partition coefficient (Wildman–Crippen LogP) is 3.47. The van der Waals surface area contributed by atoms with E-state index in [0.29, 0.717) is 17.9 Å². The van der Waals surface area contributed by atoms with Gasteiger partial charge in [0.05, 0.1) is 5.69 Å². The van der Waals surface area contributed by atoms with Gasteiger partial charge < -0.3 is 4.74 Å². The van der Waals surface area contributed by atoms with Crippen molar-refractivity contribution < 1.29 is 13.5 Å². The molecule has 1 aromatic heterocycles. The van der Waals surface area contributed by atoms with Crippen molar-refractivity contribution in [3.63, 3.8) is 0 Å². The smallest absolute Gasteiger partial charge is 0.387 e. The van der Waals surface area contributed by atoms with Gasteiger partial charge in [-0.05, 0) is 30.2 Å². The number of aryl methyl sites for hydroxylation is 1. The van der Waals surface area contributed by atoms with Gasteiger partial charge in [-0.15, -0.1) is 10.2 Å². The van der Waals surface area contributed by atoms with Crippen LogP contribution >= 0.6 is 11.6 Å². The molecule has 0 aliphatic rings. The number of alkyl halides is 2. The first kappa shape index (κ1) is 13.7. The highest BCUT2D eigenvalue weighted by atomic mass is 35.5. The maximum atomic E-state index is 12.4. The third-order valence-corrected chi connectivity index (χ3v) is 2.73. The molecule has 0 N–H and O–H groups in total. The summed E-state index contributed by atoms with van der Waals surface area (Å²) in [6.45, 7) is -0.917. The Hall–Kier alpha value is -1.69. The van der Waals surface area contributed by atoms with E-state index in [1.54, 1.807) is 18.2 Å². The van der Waals surface area contributed by atoms with Crippen LogP contribution in [0.3, 0.4) is 0 Å². The molecule has 0 atom stereocenters. The normalized spacial score (nSPS) is 11.0. The molecule has 0 unspecified atom stereocenters. The third kappa shape index (κ3) is 3.01. The van der Waals surface area contributed by atoms with Crippen LogP contribution in [0, 0.1) is 0 Å². The van der Waals surface area contributed by atoms with Crippen LogP contribution in [0.25, 0.3) is 5.69 Å². The Balaban J connectivity index is 2.49. The van der Waals surface area contributed by atoms with Crippen LogP contribution in [0.4, 0.5) is 8.78 Å². The molecule has 0 fully saturated rings. The van der Waals surface area contributed by atoms with E-state index in [4.69, 9.17) is 11.6 Å². The number of nitrogens with zero attached hydrogens (tertiary/aromatic N) is 3. The first-order valence-corrected chi connectivity index (χ1v) is 6.15. The molecule has 0 amide bonds. The molecule has 0 bridgehead atoms. The SMILES string of the molecule is CCCc1nnc(Cl)n1-c1ccccc1OC(F)F. The summed E-state index contributed by atoms with van der Waals surface area (Å²) in [5.74, 6) is 0.648. The number of halogens is 3. The van der Waals surface area contributed by atoms with Gasteiger partial charge >= 0.3 is 6.61 Å². The molecule has 0 aliphatic carbocycles. The van der Waals surface area contributed by atoms with Crippen LogP contribution in [0.2, 0.25) is 5.28 Å². The van der Waals surface area contributed by atoms with E-state index in [-0.39, 0.29) is 11.0 Å². The van der Waals surface area contributed by atoms with E-state index in [9.17, 15) is 8.78 Å². The Morgan fingerprint density at radius 3 is 2.74 bits per heavy atom. The first-order valence-electron chi connectivity index (χ1n) is 5.77. The van der Waals surface area contributed by atoms with Gasteiger partial charge in [0.2, 0.25) is 5.28 Å². The Bertz CT molecular complexity index is 560. The lowest BCUT2D eigenvalue weighted by atomic mass is 10.2. The molecule has 2 rings (SSSR count). The molecule has 1 aromatic carbocycles. The molecule has 19 heavy (non-hydrogen) atoms. The van der Waals surface area contributed by atoms with E-state index in [0.717, 1.165) is 6.42 Å². The van der Waals surface area contributed by atoms with Gasteiger partial charge in [0.15, 0.2) is 0 Å². The highest BCUT2D eigenvalue weighted by Crippen LogP contribution is 2.28. The average Bonchev–Trinajstić information content (AvgIpc) is 2.71. The number of hydrogen-bond acceptors (Lipinski definition) is 3. The number of hydrogen-bond donors (Lipinski definition) is 0. The predicted molar refractivity (Wildman–Crippen MR) is 67.0 cm³/mol. The molecule has 2 aromatic rings.